The molecule has 20 heavy (non-hydrogen) atoms. The third-order valence-corrected chi connectivity index (χ3v) is 2.75. The van der Waals surface area contributed by atoms with Gasteiger partial charge in [0, 0.05) is 12.7 Å². The first kappa shape index (κ1) is 15.8. The van der Waals surface area contributed by atoms with E-state index in [2.05, 4.69) is 4.74 Å². The Morgan fingerprint density at radius 1 is 1.00 bits per heavy atom. The van der Waals surface area contributed by atoms with Gasteiger partial charge in [0.1, 0.15) is 0 Å². The van der Waals surface area contributed by atoms with Crippen molar-refractivity contribution in [2.45, 2.75) is 11.4 Å². The van der Waals surface area contributed by atoms with Crippen LogP contribution in [-0.4, -0.2) is 56.6 Å². The van der Waals surface area contributed by atoms with Gasteiger partial charge in [-0.25, -0.2) is 9.59 Å². The maximum atomic E-state index is 12.1. The van der Waals surface area contributed by atoms with Gasteiger partial charge in [0.2, 0.25) is 5.78 Å². The molecule has 4 N–H and O–H groups in total. The predicted molar refractivity (Wildman–Crippen MR) is 63.0 cm³/mol. The van der Waals surface area contributed by atoms with Crippen LogP contribution in [0.1, 0.15) is 10.4 Å². The molecule has 0 aromatic heterocycles. The highest BCUT2D eigenvalue weighted by Crippen LogP contribution is 2.28. The Bertz CT molecular complexity index is 540. The van der Waals surface area contributed by atoms with Gasteiger partial charge in [0.25, 0.3) is 5.60 Å². The van der Waals surface area contributed by atoms with Gasteiger partial charge < -0.3 is 25.2 Å². The highest BCUT2D eigenvalue weighted by molar-refractivity contribution is 6.18. The van der Waals surface area contributed by atoms with Crippen LogP contribution in [0, 0.1) is 0 Å². The molecule has 8 heteroatoms. The van der Waals surface area contributed by atoms with Crippen molar-refractivity contribution in [3.05, 3.63) is 35.9 Å². The molecule has 1 aromatic carbocycles. The minimum Gasteiger partial charge on any atom is -0.479 e. The van der Waals surface area contributed by atoms with Crippen molar-refractivity contribution >= 4 is 17.7 Å². The van der Waals surface area contributed by atoms with Gasteiger partial charge in [-0.15, -0.1) is 0 Å². The van der Waals surface area contributed by atoms with Gasteiger partial charge in [-0.1, -0.05) is 30.3 Å². The molecule has 108 valence electrons. The summed E-state index contributed by atoms with van der Waals surface area (Å²) < 4.78 is 4.17. The number of carbonyl (C=O) groups is 3. The summed E-state index contributed by atoms with van der Waals surface area (Å²) in [5, 5.41) is 37.6. The molecule has 0 spiro atoms. The number of methoxy groups -OCH3 is 1. The second-order valence-corrected chi connectivity index (χ2v) is 3.86. The summed E-state index contributed by atoms with van der Waals surface area (Å²) in [6.07, 6.45) is 0. The van der Waals surface area contributed by atoms with Gasteiger partial charge in [-0.05, 0) is 0 Å². The van der Waals surface area contributed by atoms with Crippen LogP contribution in [0.5, 0.6) is 0 Å². The number of hydrogen-bond acceptors (Lipinski definition) is 6. The molecule has 0 saturated carbocycles. The van der Waals surface area contributed by atoms with Crippen LogP contribution in [0.25, 0.3) is 0 Å². The smallest absolute Gasteiger partial charge is 0.368 e. The number of rotatable bonds is 6. The number of aliphatic hydroxyl groups is 2. The van der Waals surface area contributed by atoms with Crippen molar-refractivity contribution in [3.63, 3.8) is 0 Å². The molecular weight excluding hydrogens is 272 g/mol. The molecule has 0 fully saturated rings. The van der Waals surface area contributed by atoms with E-state index < -0.39 is 29.1 Å². The molecule has 0 unspecified atom stereocenters. The molecule has 0 heterocycles. The topological polar surface area (TPSA) is 141 Å². The average molecular weight is 284 g/mol. The molecule has 1 rings (SSSR count). The molecule has 0 aliphatic carbocycles. The van der Waals surface area contributed by atoms with E-state index in [4.69, 9.17) is 10.2 Å². The summed E-state index contributed by atoms with van der Waals surface area (Å²) in [6, 6.07) is 6.60. The first-order valence-corrected chi connectivity index (χ1v) is 5.28. The minimum absolute atomic E-state index is 0.297. The van der Waals surface area contributed by atoms with Gasteiger partial charge in [-0.2, -0.15) is 0 Å². The quantitative estimate of drug-likeness (QED) is 0.299. The standard InChI is InChI=1S/C12H12O8/c1-20-12(19,10(16)17)11(18,9(14)15)8(13)7-5-3-2-4-6-7/h2-6,18-19H,1H3,(H,14,15)(H,16,17)/t11-,12+/m0/s1. The normalized spacial score (nSPS) is 16.8. The molecule has 0 aliphatic rings. The predicted octanol–water partition coefficient (Wildman–Crippen LogP) is -0.895. The molecule has 0 radical (unpaired) electrons. The van der Waals surface area contributed by atoms with Crippen LogP contribution in [-0.2, 0) is 14.3 Å². The summed E-state index contributed by atoms with van der Waals surface area (Å²) >= 11 is 0. The van der Waals surface area contributed by atoms with Gasteiger partial charge in [0.05, 0.1) is 0 Å². The van der Waals surface area contributed by atoms with Crippen molar-refractivity contribution in [1.29, 1.82) is 0 Å². The van der Waals surface area contributed by atoms with E-state index in [0.29, 0.717) is 7.11 Å². The van der Waals surface area contributed by atoms with Gasteiger partial charge >= 0.3 is 17.7 Å². The fourth-order valence-electron chi connectivity index (χ4n) is 1.58. The third-order valence-electron chi connectivity index (χ3n) is 2.75. The summed E-state index contributed by atoms with van der Waals surface area (Å²) in [5.74, 6) is -9.61. The maximum Gasteiger partial charge on any atom is 0.368 e. The van der Waals surface area contributed by atoms with Crippen molar-refractivity contribution < 1.29 is 39.5 Å². The molecule has 2 atom stereocenters. The molecule has 8 nitrogen and oxygen atoms in total. The second kappa shape index (κ2) is 5.37. The molecule has 1 aromatic rings. The minimum atomic E-state index is -3.70. The Morgan fingerprint density at radius 3 is 1.85 bits per heavy atom. The van der Waals surface area contributed by atoms with E-state index >= 15 is 0 Å². The summed E-state index contributed by atoms with van der Waals surface area (Å²) in [6.45, 7) is 0. The number of ether oxygens (including phenoxy) is 1. The second-order valence-electron chi connectivity index (χ2n) is 3.86. The van der Waals surface area contributed by atoms with Crippen molar-refractivity contribution in [1.82, 2.24) is 0 Å². The molecular formula is C12H12O8. The number of Topliss-reactive ketones (excluding diaryl/α,β-unsaturated/α-hetero) is 1. The van der Waals surface area contributed by atoms with E-state index in [0.717, 1.165) is 12.1 Å². The Hall–Kier alpha value is -2.29. The number of ketones is 1. The zero-order valence-corrected chi connectivity index (χ0v) is 10.3. The van der Waals surface area contributed by atoms with E-state index in [-0.39, 0.29) is 5.56 Å². The van der Waals surface area contributed by atoms with Gasteiger partial charge in [-0.3, -0.25) is 4.79 Å². The highest BCUT2D eigenvalue weighted by atomic mass is 16.7. The fourth-order valence-corrected chi connectivity index (χ4v) is 1.58. The number of carboxylic acid groups (broad SMARTS) is 2. The van der Waals surface area contributed by atoms with Crippen LogP contribution in [0.15, 0.2) is 30.3 Å². The first-order valence-electron chi connectivity index (χ1n) is 5.28. The van der Waals surface area contributed by atoms with Crippen LogP contribution in [0.2, 0.25) is 0 Å². The maximum absolute atomic E-state index is 12.1. The number of benzene rings is 1. The lowest BCUT2D eigenvalue weighted by molar-refractivity contribution is -0.267. The largest absolute Gasteiger partial charge is 0.479 e. The number of carbonyl (C=O) groups excluding carboxylic acids is 1. The van der Waals surface area contributed by atoms with Crippen LogP contribution < -0.4 is 0 Å². The van der Waals surface area contributed by atoms with Crippen LogP contribution >= 0.6 is 0 Å². The van der Waals surface area contributed by atoms with E-state index in [1.807, 2.05) is 0 Å². The van der Waals surface area contributed by atoms with E-state index in [9.17, 15) is 24.6 Å². The fraction of sp³-hybridized carbons (Fsp3) is 0.250. The number of carboxylic acids is 2. The first-order chi connectivity index (χ1) is 9.21. The molecule has 0 amide bonds. The lowest BCUT2D eigenvalue weighted by Crippen LogP contribution is -2.68. The van der Waals surface area contributed by atoms with Crippen LogP contribution in [0.3, 0.4) is 0 Å². The Labute approximate surface area is 112 Å². The van der Waals surface area contributed by atoms with Crippen molar-refractivity contribution in [3.8, 4) is 0 Å². The highest BCUT2D eigenvalue weighted by Gasteiger charge is 2.67. The summed E-state index contributed by atoms with van der Waals surface area (Å²) in [4.78, 5) is 34.2. The summed E-state index contributed by atoms with van der Waals surface area (Å²) in [5.41, 5.74) is -4.00. The van der Waals surface area contributed by atoms with Crippen molar-refractivity contribution in [2.75, 3.05) is 7.11 Å². The molecule has 0 aliphatic heterocycles. The zero-order valence-electron chi connectivity index (χ0n) is 10.3. The van der Waals surface area contributed by atoms with Crippen LogP contribution in [0.4, 0.5) is 0 Å². The third kappa shape index (κ3) is 2.16. The molecule has 0 bridgehead atoms. The monoisotopic (exact) mass is 284 g/mol. The van der Waals surface area contributed by atoms with Gasteiger partial charge in [0.15, 0.2) is 0 Å². The number of hydrogen-bond donors (Lipinski definition) is 4. The Kier molecular flexibility index (Phi) is 4.23. The summed E-state index contributed by atoms with van der Waals surface area (Å²) in [7, 11) is 0.653. The SMILES string of the molecule is CO[C@](O)(C(=O)O)[C@@](O)(C(=O)O)C(=O)c1ccccc1. The van der Waals surface area contributed by atoms with E-state index in [1.165, 1.54) is 18.2 Å². The lowest BCUT2D eigenvalue weighted by atomic mass is 9.84. The molecule has 0 saturated heterocycles. The zero-order chi connectivity index (χ0) is 15.6. The lowest BCUT2D eigenvalue weighted by Gasteiger charge is -2.33. The average Bonchev–Trinajstić information content (AvgIpc) is 2.44. The van der Waals surface area contributed by atoms with E-state index in [1.54, 1.807) is 0 Å². The Balaban J connectivity index is 3.48. The Morgan fingerprint density at radius 2 is 1.50 bits per heavy atom. The number of aliphatic carboxylic acids is 2. The van der Waals surface area contributed by atoms with Crippen molar-refractivity contribution in [2.24, 2.45) is 0 Å².